The molecule has 2 rings (SSSR count). The molecule has 0 bridgehead atoms. The van der Waals surface area contributed by atoms with Crippen LogP contribution in [0.15, 0.2) is 60.7 Å². The molecule has 15 heavy (non-hydrogen) atoms. The molecule has 0 unspecified atom stereocenters. The van der Waals surface area contributed by atoms with Crippen LogP contribution in [0.3, 0.4) is 0 Å². The van der Waals surface area contributed by atoms with Gasteiger partial charge in [-0.05, 0) is 0 Å². The Hall–Kier alpha value is -1.30. The number of rotatable bonds is 0. The van der Waals surface area contributed by atoms with Crippen molar-refractivity contribution in [2.24, 2.45) is 0 Å². The fraction of sp³-hybridized carbons (Fsp3) is 0. The van der Waals surface area contributed by atoms with Gasteiger partial charge in [0.25, 0.3) is 0 Å². The van der Waals surface area contributed by atoms with E-state index in [0.717, 1.165) is 11.1 Å². The molecule has 0 saturated heterocycles. The molecule has 0 amide bonds. The van der Waals surface area contributed by atoms with Crippen molar-refractivity contribution in [3.05, 3.63) is 85.6 Å². The molecule has 0 nitrogen and oxygen atoms in total. The van der Waals surface area contributed by atoms with Gasteiger partial charge in [-0.3, -0.25) is 0 Å². The normalized spacial score (nSPS) is 8.00. The maximum atomic E-state index is 3.72. The molecule has 82 valence electrons. The van der Waals surface area contributed by atoms with Crippen LogP contribution in [0, 0.1) is 13.8 Å². The largest absolute Gasteiger partial charge is 1.00 e. The molecular weight excluding hydrogens is 232 g/mol. The number of hydrogen-bond donors (Lipinski definition) is 0. The van der Waals surface area contributed by atoms with Crippen molar-refractivity contribution in [1.29, 1.82) is 0 Å². The van der Waals surface area contributed by atoms with Crippen molar-refractivity contribution in [3.63, 3.8) is 0 Å². The van der Waals surface area contributed by atoms with Crippen LogP contribution in [0.1, 0.15) is 11.1 Å². The van der Waals surface area contributed by atoms with Crippen LogP contribution in [-0.2, 0) is 17.1 Å². The van der Waals surface area contributed by atoms with Crippen LogP contribution >= 0.6 is 0 Å². The van der Waals surface area contributed by atoms with E-state index in [4.69, 9.17) is 0 Å². The summed E-state index contributed by atoms with van der Waals surface area (Å²) in [5.74, 6) is 0. The first-order valence-electron chi connectivity index (χ1n) is 4.53. The topological polar surface area (TPSA) is 0 Å². The van der Waals surface area contributed by atoms with Crippen LogP contribution in [-0.4, -0.2) is 0 Å². The molecule has 0 N–H and O–H groups in total. The zero-order chi connectivity index (χ0) is 10.2. The van der Waals surface area contributed by atoms with E-state index in [0.29, 0.717) is 0 Å². The summed E-state index contributed by atoms with van der Waals surface area (Å²) in [6.07, 6.45) is 0. The zero-order valence-electron chi connectivity index (χ0n) is 8.49. The Morgan fingerprint density at radius 2 is 0.800 bits per heavy atom. The Balaban J connectivity index is 0.000000245. The average Bonchev–Trinajstić information content (AvgIpc) is 2.21. The molecule has 1 heteroatoms. The van der Waals surface area contributed by atoms with E-state index in [1.807, 2.05) is 60.7 Å². The van der Waals surface area contributed by atoms with Crippen molar-refractivity contribution in [1.82, 2.24) is 0 Å². The van der Waals surface area contributed by atoms with Crippen molar-refractivity contribution in [3.8, 4) is 0 Å². The van der Waals surface area contributed by atoms with E-state index in [9.17, 15) is 0 Å². The Morgan fingerprint density at radius 1 is 0.533 bits per heavy atom. The summed E-state index contributed by atoms with van der Waals surface area (Å²) in [6, 6.07) is 19.7. The van der Waals surface area contributed by atoms with Crippen LogP contribution < -0.4 is 0 Å². The first-order valence-corrected chi connectivity index (χ1v) is 4.53. The average molecular weight is 246 g/mol. The SMILES string of the molecule is [CH2-]c1ccccc1.[CH2-]c1ccccc1.[Cu+]. The van der Waals surface area contributed by atoms with Gasteiger partial charge in [0, 0.05) is 0 Å². The third kappa shape index (κ3) is 6.73. The van der Waals surface area contributed by atoms with Crippen LogP contribution in [0.25, 0.3) is 0 Å². The van der Waals surface area contributed by atoms with E-state index in [2.05, 4.69) is 13.8 Å². The second-order valence-electron chi connectivity index (χ2n) is 2.97. The minimum atomic E-state index is 0. The molecule has 0 aliphatic heterocycles. The smallest absolute Gasteiger partial charge is 0.199 e. The predicted octanol–water partition coefficient (Wildman–Crippen LogP) is 3.74. The first kappa shape index (κ1) is 13.7. The van der Waals surface area contributed by atoms with Gasteiger partial charge < -0.3 is 0 Å². The summed E-state index contributed by atoms with van der Waals surface area (Å²) in [6.45, 7) is 7.44. The Labute approximate surface area is 103 Å². The molecule has 0 spiro atoms. The summed E-state index contributed by atoms with van der Waals surface area (Å²) in [5.41, 5.74) is 2.14. The van der Waals surface area contributed by atoms with Crippen LogP contribution in [0.5, 0.6) is 0 Å². The van der Waals surface area contributed by atoms with Crippen LogP contribution in [0.4, 0.5) is 0 Å². The van der Waals surface area contributed by atoms with Crippen LogP contribution in [0.2, 0.25) is 0 Å². The van der Waals surface area contributed by atoms with Gasteiger partial charge in [-0.2, -0.15) is 49.2 Å². The van der Waals surface area contributed by atoms with Gasteiger partial charge in [-0.15, -0.1) is 24.3 Å². The maximum Gasteiger partial charge on any atom is 1.00 e. The van der Waals surface area contributed by atoms with E-state index in [1.54, 1.807) is 0 Å². The van der Waals surface area contributed by atoms with Gasteiger partial charge in [0.2, 0.25) is 0 Å². The van der Waals surface area contributed by atoms with Gasteiger partial charge >= 0.3 is 17.1 Å². The van der Waals surface area contributed by atoms with Gasteiger partial charge in [-0.25, -0.2) is 0 Å². The van der Waals surface area contributed by atoms with Gasteiger partial charge in [0.05, 0.1) is 0 Å². The molecule has 0 aliphatic rings. The summed E-state index contributed by atoms with van der Waals surface area (Å²) in [7, 11) is 0. The number of benzene rings is 2. The number of hydrogen-bond acceptors (Lipinski definition) is 0. The Morgan fingerprint density at radius 3 is 0.933 bits per heavy atom. The fourth-order valence-electron chi connectivity index (χ4n) is 0.956. The van der Waals surface area contributed by atoms with Gasteiger partial charge in [0.15, 0.2) is 0 Å². The molecule has 0 radical (unpaired) electrons. The standard InChI is InChI=1S/2C7H7.Cu/c2*1-7-5-3-2-4-6-7;/h2*2-6H,1H2;/q2*-1;+1. The van der Waals surface area contributed by atoms with Gasteiger partial charge in [-0.1, -0.05) is 12.1 Å². The quantitative estimate of drug-likeness (QED) is 0.490. The van der Waals surface area contributed by atoms with E-state index < -0.39 is 0 Å². The van der Waals surface area contributed by atoms with Crippen molar-refractivity contribution in [2.45, 2.75) is 0 Å². The van der Waals surface area contributed by atoms with E-state index in [-0.39, 0.29) is 17.1 Å². The molecule has 2 aromatic rings. The minimum absolute atomic E-state index is 0. The molecule has 0 aromatic heterocycles. The van der Waals surface area contributed by atoms with E-state index in [1.165, 1.54) is 0 Å². The van der Waals surface area contributed by atoms with Gasteiger partial charge in [0.1, 0.15) is 0 Å². The molecule has 2 aromatic carbocycles. The van der Waals surface area contributed by atoms with Crippen molar-refractivity contribution < 1.29 is 17.1 Å². The Kier molecular flexibility index (Phi) is 7.35. The third-order valence-corrected chi connectivity index (χ3v) is 1.69. The third-order valence-electron chi connectivity index (χ3n) is 1.69. The summed E-state index contributed by atoms with van der Waals surface area (Å²) in [4.78, 5) is 0. The molecule has 0 saturated carbocycles. The predicted molar refractivity (Wildman–Crippen MR) is 61.8 cm³/mol. The zero-order valence-corrected chi connectivity index (χ0v) is 9.43. The summed E-state index contributed by atoms with van der Waals surface area (Å²) < 4.78 is 0. The fourth-order valence-corrected chi connectivity index (χ4v) is 0.956. The van der Waals surface area contributed by atoms with Crippen molar-refractivity contribution in [2.75, 3.05) is 0 Å². The molecule has 0 fully saturated rings. The summed E-state index contributed by atoms with van der Waals surface area (Å²) >= 11 is 0. The minimum Gasteiger partial charge on any atom is -0.199 e. The molecule has 0 atom stereocenters. The molecule has 0 heterocycles. The Bertz CT molecular complexity index is 303. The second-order valence-corrected chi connectivity index (χ2v) is 2.97. The molecular formula is C14H14Cu-. The monoisotopic (exact) mass is 245 g/mol. The maximum absolute atomic E-state index is 3.72. The first-order chi connectivity index (χ1) is 6.79. The second kappa shape index (κ2) is 8.04. The van der Waals surface area contributed by atoms with Crippen molar-refractivity contribution >= 4 is 0 Å². The summed E-state index contributed by atoms with van der Waals surface area (Å²) in [5, 5.41) is 0. The molecule has 0 aliphatic carbocycles. The van der Waals surface area contributed by atoms with E-state index >= 15 is 0 Å².